The molecule has 1 aliphatic rings. The Morgan fingerprint density at radius 3 is 2.68 bits per heavy atom. The van der Waals surface area contributed by atoms with Crippen LogP contribution in [0.3, 0.4) is 0 Å². The molecule has 25 heavy (non-hydrogen) atoms. The number of ether oxygens (including phenoxy) is 1. The zero-order valence-electron chi connectivity index (χ0n) is 15.8. The highest BCUT2D eigenvalue weighted by Crippen LogP contribution is 2.30. The summed E-state index contributed by atoms with van der Waals surface area (Å²) in [5, 5.41) is 1.03. The maximum Gasteiger partial charge on any atom is 0.415 e. The van der Waals surface area contributed by atoms with Crippen molar-refractivity contribution in [1.29, 1.82) is 0 Å². The molecule has 2 heterocycles. The zero-order valence-corrected chi connectivity index (χ0v) is 16.8. The first kappa shape index (κ1) is 18.0. The topological polar surface area (TPSA) is 48.6 Å². The second kappa shape index (κ2) is 7.21. The zero-order chi connectivity index (χ0) is 18.0. The van der Waals surface area contributed by atoms with E-state index in [1.807, 2.05) is 29.3 Å². The van der Waals surface area contributed by atoms with E-state index in [2.05, 4.69) is 37.1 Å². The summed E-state index contributed by atoms with van der Waals surface area (Å²) in [5.74, 6) is 0.666. The molecule has 5 nitrogen and oxygen atoms in total. The van der Waals surface area contributed by atoms with Crippen molar-refractivity contribution in [3.05, 3.63) is 30.0 Å². The monoisotopic (exact) mass is 359 g/mol. The molecule has 0 spiro atoms. The van der Waals surface area contributed by atoms with Gasteiger partial charge in [0.1, 0.15) is 5.75 Å². The van der Waals surface area contributed by atoms with E-state index in [4.69, 9.17) is 4.74 Å². The molecule has 1 amide bonds. The Bertz CT molecular complexity index is 744. The Balaban J connectivity index is 1.76. The van der Waals surface area contributed by atoms with Crippen molar-refractivity contribution in [2.75, 3.05) is 33.7 Å². The number of hydrogen-bond donors (Lipinski definition) is 1. The first-order chi connectivity index (χ1) is 11.9. The van der Waals surface area contributed by atoms with Gasteiger partial charge in [0.25, 0.3) is 0 Å². The number of nitrogens with one attached hydrogen (secondary N) is 1. The predicted molar refractivity (Wildman–Crippen MR) is 105 cm³/mol. The first-order valence-electron chi connectivity index (χ1n) is 9.06. The third-order valence-electron chi connectivity index (χ3n) is 5.15. The van der Waals surface area contributed by atoms with Crippen molar-refractivity contribution in [3.63, 3.8) is 0 Å². The second-order valence-electron chi connectivity index (χ2n) is 8.07. The molecule has 3 rings (SSSR count). The molecule has 1 fully saturated rings. The molecule has 2 aromatic rings. The van der Waals surface area contributed by atoms with Gasteiger partial charge in [0.15, 0.2) is 0 Å². The number of benzene rings is 1. The molecule has 136 valence electrons. The number of aromatic nitrogens is 1. The summed E-state index contributed by atoms with van der Waals surface area (Å²) >= 11 is 0. The van der Waals surface area contributed by atoms with E-state index in [1.165, 1.54) is 5.56 Å². The molecule has 1 N–H and O–H groups in total. The number of hydrogen-bond acceptors (Lipinski definition) is 3. The fourth-order valence-corrected chi connectivity index (χ4v) is 5.30. The molecule has 1 aromatic carbocycles. The van der Waals surface area contributed by atoms with E-state index in [9.17, 15) is 4.79 Å². The summed E-state index contributed by atoms with van der Waals surface area (Å²) in [6, 6.07) is 8.18. The molecule has 0 aliphatic carbocycles. The number of amides is 1. The Kier molecular flexibility index (Phi) is 5.20. The lowest BCUT2D eigenvalue weighted by Gasteiger charge is -2.34. The minimum absolute atomic E-state index is 0.211. The van der Waals surface area contributed by atoms with Gasteiger partial charge in [-0.05, 0) is 50.3 Å². The van der Waals surface area contributed by atoms with Crippen LogP contribution in [0.4, 0.5) is 4.79 Å². The van der Waals surface area contributed by atoms with Crippen molar-refractivity contribution >= 4 is 25.1 Å². The average Bonchev–Trinajstić information content (AvgIpc) is 2.97. The number of nitrogens with zero attached hydrogens (tertiary/aromatic N) is 2. The standard InChI is InChI=1S/C19H29N3O2Si/c1-21(2)9-8-15-14-20-16-6-5-7-17(18(15)16)24-19(23)22-10-12-25(3,4)13-11-22/h5-7,14,20H,8-13H2,1-4H3. The Morgan fingerprint density at radius 1 is 1.28 bits per heavy atom. The maximum absolute atomic E-state index is 12.6. The Labute approximate surface area is 151 Å². The van der Waals surface area contributed by atoms with Crippen LogP contribution >= 0.6 is 0 Å². The summed E-state index contributed by atoms with van der Waals surface area (Å²) < 4.78 is 5.81. The average molecular weight is 360 g/mol. The van der Waals surface area contributed by atoms with Gasteiger partial charge in [0, 0.05) is 36.7 Å². The van der Waals surface area contributed by atoms with Gasteiger partial charge in [-0.2, -0.15) is 0 Å². The highest BCUT2D eigenvalue weighted by Gasteiger charge is 2.30. The van der Waals surface area contributed by atoms with E-state index in [1.54, 1.807) is 0 Å². The molecular formula is C19H29N3O2Si. The van der Waals surface area contributed by atoms with Crippen LogP contribution in [-0.4, -0.2) is 62.7 Å². The fraction of sp³-hybridized carbons (Fsp3) is 0.526. The summed E-state index contributed by atoms with van der Waals surface area (Å²) in [7, 11) is 3.04. The molecule has 1 saturated heterocycles. The van der Waals surface area contributed by atoms with Crippen LogP contribution < -0.4 is 4.74 Å². The van der Waals surface area contributed by atoms with Gasteiger partial charge >= 0.3 is 6.09 Å². The van der Waals surface area contributed by atoms with Crippen LogP contribution in [-0.2, 0) is 6.42 Å². The molecule has 0 unspecified atom stereocenters. The van der Waals surface area contributed by atoms with Crippen molar-refractivity contribution in [3.8, 4) is 5.75 Å². The normalized spacial score (nSPS) is 17.2. The van der Waals surface area contributed by atoms with Crippen LogP contribution in [0.1, 0.15) is 5.56 Å². The second-order valence-corrected chi connectivity index (χ2v) is 13.4. The third kappa shape index (κ3) is 4.25. The number of carbonyl (C=O) groups excluding carboxylic acids is 1. The number of fused-ring (bicyclic) bond motifs is 1. The molecule has 0 atom stereocenters. The summed E-state index contributed by atoms with van der Waals surface area (Å²) in [4.78, 5) is 19.9. The lowest BCUT2D eigenvalue weighted by molar-refractivity contribution is 0.155. The van der Waals surface area contributed by atoms with Crippen LogP contribution in [0.5, 0.6) is 5.75 Å². The van der Waals surface area contributed by atoms with Crippen LogP contribution in [0, 0.1) is 0 Å². The highest BCUT2D eigenvalue weighted by molar-refractivity contribution is 6.77. The van der Waals surface area contributed by atoms with Crippen molar-refractivity contribution in [2.24, 2.45) is 0 Å². The van der Waals surface area contributed by atoms with Crippen molar-refractivity contribution < 1.29 is 9.53 Å². The molecule has 0 radical (unpaired) electrons. The number of H-pyrrole nitrogens is 1. The Hall–Kier alpha value is -1.79. The predicted octanol–water partition coefficient (Wildman–Crippen LogP) is 3.79. The fourth-order valence-electron chi connectivity index (χ4n) is 3.30. The summed E-state index contributed by atoms with van der Waals surface area (Å²) in [6.45, 7) is 7.41. The highest BCUT2D eigenvalue weighted by atomic mass is 28.3. The van der Waals surface area contributed by atoms with Gasteiger partial charge in [-0.15, -0.1) is 0 Å². The summed E-state index contributed by atoms with van der Waals surface area (Å²) in [5.41, 5.74) is 2.21. The minimum Gasteiger partial charge on any atom is -0.409 e. The lowest BCUT2D eigenvalue weighted by Crippen LogP contribution is -2.46. The molecule has 6 heteroatoms. The van der Waals surface area contributed by atoms with E-state index in [0.29, 0.717) is 5.75 Å². The van der Waals surface area contributed by atoms with Crippen molar-refractivity contribution in [2.45, 2.75) is 31.6 Å². The molecule has 1 aromatic heterocycles. The Morgan fingerprint density at radius 2 is 2.00 bits per heavy atom. The molecule has 0 bridgehead atoms. The number of rotatable bonds is 4. The minimum atomic E-state index is -1.09. The van der Waals surface area contributed by atoms with Gasteiger partial charge < -0.3 is 19.5 Å². The van der Waals surface area contributed by atoms with E-state index in [-0.39, 0.29) is 6.09 Å². The van der Waals surface area contributed by atoms with Crippen molar-refractivity contribution in [1.82, 2.24) is 14.8 Å². The summed E-state index contributed by atoms with van der Waals surface area (Å²) in [6.07, 6.45) is 2.74. The van der Waals surface area contributed by atoms with Gasteiger partial charge in [0.05, 0.1) is 8.07 Å². The smallest absolute Gasteiger partial charge is 0.409 e. The van der Waals surface area contributed by atoms with Crippen LogP contribution in [0.15, 0.2) is 24.4 Å². The van der Waals surface area contributed by atoms with Crippen LogP contribution in [0.25, 0.3) is 10.9 Å². The van der Waals surface area contributed by atoms with Gasteiger partial charge in [0.2, 0.25) is 0 Å². The van der Waals surface area contributed by atoms with E-state index in [0.717, 1.165) is 49.0 Å². The quantitative estimate of drug-likeness (QED) is 0.845. The molecule has 1 aliphatic heterocycles. The van der Waals surface area contributed by atoms with E-state index >= 15 is 0 Å². The number of likely N-dealkylation sites (N-methyl/N-ethyl adjacent to an activating group) is 1. The van der Waals surface area contributed by atoms with Crippen LogP contribution in [0.2, 0.25) is 25.2 Å². The first-order valence-corrected chi connectivity index (χ1v) is 12.5. The molecule has 0 saturated carbocycles. The molecular weight excluding hydrogens is 330 g/mol. The number of aromatic amines is 1. The lowest BCUT2D eigenvalue weighted by atomic mass is 10.1. The largest absolute Gasteiger partial charge is 0.415 e. The SMILES string of the molecule is CN(C)CCc1c[nH]c2cccc(OC(=O)N3CC[Si](C)(C)CC3)c12. The maximum atomic E-state index is 12.6. The van der Waals surface area contributed by atoms with Gasteiger partial charge in [-0.25, -0.2) is 4.79 Å². The van der Waals surface area contributed by atoms with E-state index < -0.39 is 8.07 Å². The van der Waals surface area contributed by atoms with Gasteiger partial charge in [-0.1, -0.05) is 19.2 Å². The van der Waals surface area contributed by atoms with Gasteiger partial charge in [-0.3, -0.25) is 0 Å². The number of carbonyl (C=O) groups is 1. The third-order valence-corrected chi connectivity index (χ3v) is 8.30.